The van der Waals surface area contributed by atoms with E-state index in [-0.39, 0.29) is 9.41 Å². The minimum atomic E-state index is 0. The molecule has 0 atom stereocenters. The van der Waals surface area contributed by atoms with Gasteiger partial charge in [-0.1, -0.05) is 0 Å². The van der Waals surface area contributed by atoms with Crippen LogP contribution in [-0.4, -0.2) is 0 Å². The lowest BCUT2D eigenvalue weighted by Gasteiger charge is -1.14. The number of halogens is 3. The van der Waals surface area contributed by atoms with Gasteiger partial charge in [0.2, 0.25) is 0 Å². The molecule has 0 saturated heterocycles. The molecule has 0 aromatic heterocycles. The fraction of sp³-hybridized carbons (Fsp3) is 0. The van der Waals surface area contributed by atoms with Gasteiger partial charge in [0.25, 0.3) is 0 Å². The average Bonchev–Trinajstić information content (AvgIpc) is 1.00. The van der Waals surface area contributed by atoms with Gasteiger partial charge in [-0.05, 0) is 11.8 Å². The molecule has 0 bridgehead atoms. The normalized spacial score (nSPS) is 1.50. The van der Waals surface area contributed by atoms with E-state index in [1.54, 1.807) is 0 Å². The first-order valence-electron chi connectivity index (χ1n) is 0.218. The lowest BCUT2D eigenvalue weighted by molar-refractivity contribution is 1.11. The summed E-state index contributed by atoms with van der Waals surface area (Å²) in [5.41, 5.74) is 0. The Balaban J connectivity index is -0.00000000500. The van der Waals surface area contributed by atoms with Gasteiger partial charge >= 0.3 is 0 Å². The quantitative estimate of drug-likeness (QED) is 0.429. The summed E-state index contributed by atoms with van der Waals surface area (Å²) in [6.07, 6.45) is 0. The second-order valence-corrected chi connectivity index (χ2v) is 0. The summed E-state index contributed by atoms with van der Waals surface area (Å²) in [6, 6.07) is 0. The second-order valence-electron chi connectivity index (χ2n) is 0. The Morgan fingerprint density at radius 2 is 1.00 bits per heavy atom. The van der Waals surface area contributed by atoms with Crippen molar-refractivity contribution in [2.24, 2.45) is 5.25 Å². The Morgan fingerprint density at radius 1 is 1.00 bits per heavy atom. The van der Waals surface area contributed by atoms with Crippen molar-refractivity contribution in [2.75, 3.05) is 0 Å². The summed E-state index contributed by atoms with van der Waals surface area (Å²) < 4.78 is 0. The zero-order valence-electron chi connectivity index (χ0n) is 1.77. The van der Waals surface area contributed by atoms with E-state index in [0.29, 0.717) is 0 Å². The molecule has 0 aliphatic heterocycles. The van der Waals surface area contributed by atoms with E-state index >= 15 is 0 Å². The summed E-state index contributed by atoms with van der Waals surface area (Å²) in [5, 5.41) is 3.97. The van der Waals surface area contributed by atoms with Crippen LogP contribution in [0.25, 0.3) is 0 Å². The van der Waals surface area contributed by atoms with Gasteiger partial charge in [-0.15, -0.1) is 0 Å². The van der Waals surface area contributed by atoms with Crippen LogP contribution < -0.4 is 5.25 Å². The number of hydrogen-bond donors (Lipinski definition) is 1. The molecule has 2 N–H and O–H groups in total. The minimum Gasteiger partial charge on any atom is -0.269 e. The van der Waals surface area contributed by atoms with Crippen LogP contribution in [0, 0.1) is 0 Å². The van der Waals surface area contributed by atoms with Gasteiger partial charge in [0.05, 0.1) is 0 Å². The molecule has 4 heavy (non-hydrogen) atoms. The lowest BCUT2D eigenvalue weighted by atomic mass is 14.0. The van der Waals surface area contributed by atoms with E-state index in [1.807, 2.05) is 0 Å². The van der Waals surface area contributed by atoms with Gasteiger partial charge < -0.3 is 0 Å². The molecule has 0 aliphatic carbocycles. The fourth-order valence-electron chi connectivity index (χ4n) is 0. The highest BCUT2D eigenvalue weighted by atomic mass is 35.5. The highest BCUT2D eigenvalue weighted by molar-refractivity contribution is 6.11. The van der Waals surface area contributed by atoms with Crippen LogP contribution in [-0.2, 0) is 0 Å². The molecule has 0 aromatic rings. The zero-order chi connectivity index (χ0) is 2.00. The van der Waals surface area contributed by atoms with Crippen molar-refractivity contribution in [3.05, 3.63) is 0 Å². The summed E-state index contributed by atoms with van der Waals surface area (Å²) in [4.78, 5) is 0. The molecule has 0 rings (SSSR count). The molecule has 0 amide bonds. The van der Waals surface area contributed by atoms with Crippen LogP contribution in [0.4, 0.5) is 9.41 Å². The summed E-state index contributed by atoms with van der Waals surface area (Å²) in [5.74, 6) is 0. The first kappa shape index (κ1) is 32.3. The third-order valence-electron chi connectivity index (χ3n) is 0. The molecule has 30 valence electrons. The van der Waals surface area contributed by atoms with Gasteiger partial charge in [-0.2, -0.15) is 0 Å². The lowest BCUT2D eigenvalue weighted by Crippen LogP contribution is -1.48. The maximum absolute atomic E-state index is 4.14. The summed E-state index contributed by atoms with van der Waals surface area (Å²) in [6.45, 7) is 0. The van der Waals surface area contributed by atoms with Gasteiger partial charge in [-0.3, -0.25) is 9.41 Å². The Hall–Kier alpha value is 0.110. The van der Waals surface area contributed by atoms with Crippen molar-refractivity contribution in [1.82, 2.24) is 0 Å². The zero-order valence-corrected chi connectivity index (χ0v) is 2.53. The van der Waals surface area contributed by atoms with Crippen LogP contribution in [0.1, 0.15) is 0 Å². The van der Waals surface area contributed by atoms with Gasteiger partial charge in [0, 0.05) is 0 Å². The van der Waals surface area contributed by atoms with Crippen molar-refractivity contribution in [3.8, 4) is 0 Å². The van der Waals surface area contributed by atoms with E-state index in [2.05, 4.69) is 17.0 Å². The molecular formula is H4ClF2N. The van der Waals surface area contributed by atoms with E-state index in [0.717, 1.165) is 0 Å². The molecule has 1 nitrogen and oxygen atoms in total. The molecule has 0 spiro atoms. The van der Waals surface area contributed by atoms with Crippen molar-refractivity contribution in [2.45, 2.75) is 0 Å². The Labute approximate surface area is 27.6 Å². The maximum atomic E-state index is 4.14. The smallest absolute Gasteiger partial charge is 0.0285 e. The van der Waals surface area contributed by atoms with Crippen molar-refractivity contribution in [3.63, 3.8) is 0 Å². The molecular weight excluding hydrogens is 87.5 g/mol. The number of hydrogen-bond acceptors (Lipinski definition) is 1. The third-order valence-corrected chi connectivity index (χ3v) is 0. The monoisotopic (exact) mass is 91.0 g/mol. The topological polar surface area (TPSA) is 26.0 Å². The predicted molar refractivity (Wildman–Crippen MR) is 15.0 cm³/mol. The first-order valence-corrected chi connectivity index (χ1v) is 0.655. The Bertz CT molecular complexity index is 6.00. The maximum Gasteiger partial charge on any atom is -0.0285 e. The summed E-state index contributed by atoms with van der Waals surface area (Å²) >= 11 is 4.14. The van der Waals surface area contributed by atoms with Crippen molar-refractivity contribution < 1.29 is 9.41 Å². The third kappa shape index (κ3) is 215. The molecule has 0 fully saturated rings. The Kier molecular flexibility index (Phi) is 9230. The van der Waals surface area contributed by atoms with Crippen molar-refractivity contribution in [1.29, 1.82) is 0 Å². The minimum absolute atomic E-state index is 0. The van der Waals surface area contributed by atoms with Gasteiger partial charge in [-0.25, -0.2) is 5.25 Å². The number of rotatable bonds is 0. The molecule has 0 unspecified atom stereocenters. The molecule has 0 aromatic carbocycles. The van der Waals surface area contributed by atoms with E-state index < -0.39 is 0 Å². The fourth-order valence-corrected chi connectivity index (χ4v) is 0. The molecule has 0 heterocycles. The van der Waals surface area contributed by atoms with Crippen molar-refractivity contribution >= 4 is 11.8 Å². The van der Waals surface area contributed by atoms with Gasteiger partial charge in [0.1, 0.15) is 0 Å². The van der Waals surface area contributed by atoms with E-state index in [1.165, 1.54) is 0 Å². The number of nitrogens with two attached hydrogens (primary N) is 1. The van der Waals surface area contributed by atoms with E-state index in [9.17, 15) is 0 Å². The second kappa shape index (κ2) is 1140. The van der Waals surface area contributed by atoms with E-state index in [4.69, 9.17) is 0 Å². The average molecular weight is 91.5 g/mol. The SMILES string of the molecule is F.F.NCl. The molecule has 0 aliphatic rings. The van der Waals surface area contributed by atoms with Crippen LogP contribution in [0.5, 0.6) is 0 Å². The summed E-state index contributed by atoms with van der Waals surface area (Å²) in [7, 11) is 0. The molecule has 0 saturated carbocycles. The van der Waals surface area contributed by atoms with Gasteiger partial charge in [0.15, 0.2) is 0 Å². The van der Waals surface area contributed by atoms with Crippen LogP contribution in [0.2, 0.25) is 0 Å². The highest BCUT2D eigenvalue weighted by Crippen LogP contribution is 1.15. The Morgan fingerprint density at radius 3 is 1.00 bits per heavy atom. The standard InChI is InChI=1S/ClH2N.2FH/c1-2;;/h2H2;2*1H. The largest absolute Gasteiger partial charge is 0.269 e. The van der Waals surface area contributed by atoms with Crippen LogP contribution >= 0.6 is 11.8 Å². The predicted octanol–water partition coefficient (Wildman–Crippen LogP) is 0.404. The molecule has 4 heteroatoms. The first-order chi connectivity index (χ1) is 1.00. The van der Waals surface area contributed by atoms with Crippen LogP contribution in [0.3, 0.4) is 0 Å². The molecule has 0 radical (unpaired) electrons. The van der Waals surface area contributed by atoms with Crippen LogP contribution in [0.15, 0.2) is 0 Å². The highest BCUT2D eigenvalue weighted by Gasteiger charge is 0.868.